The van der Waals surface area contributed by atoms with Gasteiger partial charge in [0, 0.05) is 16.3 Å². The van der Waals surface area contributed by atoms with E-state index in [1.807, 2.05) is 12.1 Å². The van der Waals surface area contributed by atoms with Crippen LogP contribution < -0.4 is 10.6 Å². The maximum Gasteiger partial charge on any atom is 0.315 e. The van der Waals surface area contributed by atoms with E-state index in [4.69, 9.17) is 4.42 Å². The van der Waals surface area contributed by atoms with Gasteiger partial charge in [-0.05, 0) is 24.3 Å². The number of carbonyl (C=O) groups excluding carboxylic acids is 1. The van der Waals surface area contributed by atoms with Crippen molar-refractivity contribution in [3.8, 4) is 0 Å². The van der Waals surface area contributed by atoms with Gasteiger partial charge >= 0.3 is 6.03 Å². The number of hydrogen-bond acceptors (Lipinski definition) is 4. The Hall–Kier alpha value is -2.05. The van der Waals surface area contributed by atoms with Gasteiger partial charge in [-0.2, -0.15) is 0 Å². The Bertz CT molecular complexity index is 563. The largest absolute Gasteiger partial charge is 0.466 e. The molecule has 1 unspecified atom stereocenters. The average molecular weight is 292 g/mol. The summed E-state index contributed by atoms with van der Waals surface area (Å²) in [6, 6.07) is 6.92. The van der Waals surface area contributed by atoms with E-state index in [2.05, 4.69) is 17.2 Å². The Labute approximate surface area is 120 Å². The quantitative estimate of drug-likeness (QED) is 0.716. The van der Waals surface area contributed by atoms with Gasteiger partial charge in [0.05, 0.1) is 12.8 Å². The highest BCUT2D eigenvalue weighted by Gasteiger charge is 2.15. The van der Waals surface area contributed by atoms with Crippen LogP contribution in [0.4, 0.5) is 4.79 Å². The lowest BCUT2D eigenvalue weighted by atomic mass is 10.2. The highest BCUT2D eigenvalue weighted by Crippen LogP contribution is 2.28. The normalized spacial score (nSPS) is 11.8. The molecule has 20 heavy (non-hydrogen) atoms. The molecule has 2 aromatic rings. The molecule has 5 nitrogen and oxygen atoms in total. The fourth-order valence-corrected chi connectivity index (χ4v) is 2.57. The lowest BCUT2D eigenvalue weighted by molar-refractivity contribution is 0.193. The van der Waals surface area contributed by atoms with Crippen molar-refractivity contribution in [3.63, 3.8) is 0 Å². The summed E-state index contributed by atoms with van der Waals surface area (Å²) in [5.74, 6) is 0.509. The molecule has 0 aliphatic rings. The van der Waals surface area contributed by atoms with Gasteiger partial charge in [-0.1, -0.05) is 6.08 Å². The summed E-state index contributed by atoms with van der Waals surface area (Å²) in [6.45, 7) is 4.37. The molecule has 0 aliphatic heterocycles. The number of urea groups is 1. The summed E-state index contributed by atoms with van der Waals surface area (Å²) in [5.41, 5.74) is 0. The highest BCUT2D eigenvalue weighted by atomic mass is 32.1. The van der Waals surface area contributed by atoms with E-state index in [0.29, 0.717) is 18.8 Å². The van der Waals surface area contributed by atoms with Crippen molar-refractivity contribution in [3.05, 3.63) is 58.7 Å². The first kappa shape index (κ1) is 14.4. The molecule has 0 fully saturated rings. The minimum atomic E-state index is -0.765. The molecule has 106 valence electrons. The Morgan fingerprint density at radius 2 is 2.30 bits per heavy atom. The Kier molecular flexibility index (Phi) is 4.97. The molecule has 1 atom stereocenters. The van der Waals surface area contributed by atoms with E-state index in [1.54, 1.807) is 18.2 Å². The SMILES string of the molecule is C=CCNC(=O)NCc1ccc(C(O)c2ccco2)s1. The number of hydrogen-bond donors (Lipinski definition) is 3. The zero-order valence-corrected chi connectivity index (χ0v) is 11.7. The van der Waals surface area contributed by atoms with Crippen LogP contribution >= 0.6 is 11.3 Å². The zero-order chi connectivity index (χ0) is 14.4. The fourth-order valence-electron chi connectivity index (χ4n) is 1.62. The Morgan fingerprint density at radius 3 is 3.00 bits per heavy atom. The molecule has 0 saturated heterocycles. The first-order valence-corrected chi connectivity index (χ1v) is 6.95. The lowest BCUT2D eigenvalue weighted by Crippen LogP contribution is -2.34. The maximum atomic E-state index is 11.4. The van der Waals surface area contributed by atoms with Crippen molar-refractivity contribution in [2.24, 2.45) is 0 Å². The van der Waals surface area contributed by atoms with Gasteiger partial charge in [-0.15, -0.1) is 17.9 Å². The average Bonchev–Trinajstić information content (AvgIpc) is 3.12. The second-order valence-corrected chi connectivity index (χ2v) is 5.27. The van der Waals surface area contributed by atoms with Crippen LogP contribution in [-0.4, -0.2) is 17.7 Å². The van der Waals surface area contributed by atoms with Crippen LogP contribution in [0.25, 0.3) is 0 Å². The number of amides is 2. The summed E-state index contributed by atoms with van der Waals surface area (Å²) in [6.07, 6.45) is 2.37. The van der Waals surface area contributed by atoms with E-state index < -0.39 is 6.10 Å². The van der Waals surface area contributed by atoms with E-state index in [-0.39, 0.29) is 6.03 Å². The number of thiophene rings is 1. The molecule has 0 aliphatic carbocycles. The van der Waals surface area contributed by atoms with E-state index in [0.717, 1.165) is 9.75 Å². The predicted octanol–water partition coefficient (Wildman–Crippen LogP) is 2.41. The summed E-state index contributed by atoms with van der Waals surface area (Å²) < 4.78 is 5.17. The van der Waals surface area contributed by atoms with Crippen molar-refractivity contribution >= 4 is 17.4 Å². The zero-order valence-electron chi connectivity index (χ0n) is 10.8. The van der Waals surface area contributed by atoms with Crippen molar-refractivity contribution in [1.82, 2.24) is 10.6 Å². The van der Waals surface area contributed by atoms with Crippen LogP contribution in [0.1, 0.15) is 21.6 Å². The fraction of sp³-hybridized carbons (Fsp3) is 0.214. The first-order valence-electron chi connectivity index (χ1n) is 6.13. The third-order valence-electron chi connectivity index (χ3n) is 2.59. The molecule has 0 spiro atoms. The number of furan rings is 1. The van der Waals surface area contributed by atoms with Crippen molar-refractivity contribution in [1.29, 1.82) is 0 Å². The standard InChI is InChI=1S/C14H16N2O3S/c1-2-7-15-14(18)16-9-10-5-6-12(20-10)13(17)11-4-3-8-19-11/h2-6,8,13,17H,1,7,9H2,(H2,15,16,18). The van der Waals surface area contributed by atoms with Crippen molar-refractivity contribution < 1.29 is 14.3 Å². The minimum Gasteiger partial charge on any atom is -0.466 e. The van der Waals surface area contributed by atoms with Gasteiger partial charge in [0.2, 0.25) is 0 Å². The monoisotopic (exact) mass is 292 g/mol. The number of carbonyl (C=O) groups is 1. The van der Waals surface area contributed by atoms with Crippen LogP contribution in [0.2, 0.25) is 0 Å². The summed E-state index contributed by atoms with van der Waals surface area (Å²) in [7, 11) is 0. The Balaban J connectivity index is 1.89. The van der Waals surface area contributed by atoms with Gasteiger partial charge < -0.3 is 20.2 Å². The number of aliphatic hydroxyl groups is 1. The smallest absolute Gasteiger partial charge is 0.315 e. The predicted molar refractivity (Wildman–Crippen MR) is 77.5 cm³/mol. The Morgan fingerprint density at radius 1 is 1.45 bits per heavy atom. The third kappa shape index (κ3) is 3.72. The number of aliphatic hydroxyl groups excluding tert-OH is 1. The molecule has 2 heterocycles. The molecule has 6 heteroatoms. The van der Waals surface area contributed by atoms with Crippen LogP contribution in [0.15, 0.2) is 47.6 Å². The van der Waals surface area contributed by atoms with Crippen molar-refractivity contribution in [2.75, 3.05) is 6.54 Å². The minimum absolute atomic E-state index is 0.244. The summed E-state index contributed by atoms with van der Waals surface area (Å²) in [4.78, 5) is 13.1. The molecule has 2 rings (SSSR count). The molecule has 0 aromatic carbocycles. The molecule has 2 amide bonds. The van der Waals surface area contributed by atoms with Gasteiger partial charge in [-0.25, -0.2) is 4.79 Å². The highest BCUT2D eigenvalue weighted by molar-refractivity contribution is 7.12. The number of rotatable bonds is 6. The van der Waals surface area contributed by atoms with Crippen LogP contribution in [0.5, 0.6) is 0 Å². The van der Waals surface area contributed by atoms with Gasteiger partial charge in [0.25, 0.3) is 0 Å². The molecule has 0 bridgehead atoms. The van der Waals surface area contributed by atoms with Crippen LogP contribution in [0, 0.1) is 0 Å². The summed E-state index contributed by atoms with van der Waals surface area (Å²) >= 11 is 1.43. The topological polar surface area (TPSA) is 74.5 Å². The third-order valence-corrected chi connectivity index (χ3v) is 3.73. The molecular weight excluding hydrogens is 276 g/mol. The van der Waals surface area contributed by atoms with E-state index in [9.17, 15) is 9.90 Å². The van der Waals surface area contributed by atoms with Gasteiger partial charge in [-0.3, -0.25) is 0 Å². The summed E-state index contributed by atoms with van der Waals surface area (Å²) in [5, 5.41) is 15.4. The van der Waals surface area contributed by atoms with Crippen LogP contribution in [0.3, 0.4) is 0 Å². The maximum absolute atomic E-state index is 11.4. The lowest BCUT2D eigenvalue weighted by Gasteiger charge is -2.05. The van der Waals surface area contributed by atoms with Crippen molar-refractivity contribution in [2.45, 2.75) is 12.6 Å². The van der Waals surface area contributed by atoms with Crippen LogP contribution in [-0.2, 0) is 6.54 Å². The molecule has 3 N–H and O–H groups in total. The second-order valence-electron chi connectivity index (χ2n) is 4.07. The van der Waals surface area contributed by atoms with E-state index in [1.165, 1.54) is 17.6 Å². The second kappa shape index (κ2) is 6.93. The molecule has 0 saturated carbocycles. The van der Waals surface area contributed by atoms with Gasteiger partial charge in [0.15, 0.2) is 0 Å². The number of nitrogens with one attached hydrogen (secondary N) is 2. The molecule has 2 aromatic heterocycles. The molecule has 0 radical (unpaired) electrons. The molecular formula is C14H16N2O3S. The van der Waals surface area contributed by atoms with E-state index >= 15 is 0 Å². The van der Waals surface area contributed by atoms with Gasteiger partial charge in [0.1, 0.15) is 11.9 Å². The first-order chi connectivity index (χ1) is 9.70.